The van der Waals surface area contributed by atoms with Gasteiger partial charge in [-0.25, -0.2) is 4.98 Å². The van der Waals surface area contributed by atoms with Gasteiger partial charge >= 0.3 is 0 Å². The van der Waals surface area contributed by atoms with Gasteiger partial charge in [0.25, 0.3) is 0 Å². The van der Waals surface area contributed by atoms with Crippen LogP contribution in [0.15, 0.2) is 18.2 Å². The van der Waals surface area contributed by atoms with Gasteiger partial charge in [-0.1, -0.05) is 33.8 Å². The smallest absolute Gasteiger partial charge is 0.112 e. The molecule has 0 amide bonds. The molecule has 0 unspecified atom stereocenters. The van der Waals surface area contributed by atoms with Gasteiger partial charge in [0, 0.05) is 13.0 Å². The number of fused-ring (bicyclic) bond motifs is 1. The van der Waals surface area contributed by atoms with Gasteiger partial charge in [-0.3, -0.25) is 0 Å². The molecule has 1 aromatic heterocycles. The van der Waals surface area contributed by atoms with Crippen LogP contribution in [0.3, 0.4) is 0 Å². The van der Waals surface area contributed by atoms with Crippen molar-refractivity contribution in [1.82, 2.24) is 9.55 Å². The standard InChI is InChI=1S/C16H25N3/c1-11(2)15-18-13-10-12(16(3,4)8-9-17)6-7-14(13)19(15)5/h6-7,10-11H,8-9,17H2,1-5H3. The third-order valence-electron chi connectivity index (χ3n) is 3.98. The van der Waals surface area contributed by atoms with Crippen LogP contribution in [0.1, 0.15) is 51.4 Å². The highest BCUT2D eigenvalue weighted by Crippen LogP contribution is 2.30. The lowest BCUT2D eigenvalue weighted by Crippen LogP contribution is -2.21. The molecular formula is C16H25N3. The first-order valence-electron chi connectivity index (χ1n) is 7.03. The Balaban J connectivity index is 2.52. The largest absolute Gasteiger partial charge is 0.331 e. The molecular weight excluding hydrogens is 234 g/mol. The van der Waals surface area contributed by atoms with E-state index in [1.807, 2.05) is 0 Å². The highest BCUT2D eigenvalue weighted by Gasteiger charge is 2.21. The first-order chi connectivity index (χ1) is 8.86. The molecule has 0 spiro atoms. The molecule has 3 nitrogen and oxygen atoms in total. The molecule has 0 aliphatic carbocycles. The molecule has 104 valence electrons. The van der Waals surface area contributed by atoms with E-state index in [0.717, 1.165) is 17.8 Å². The van der Waals surface area contributed by atoms with Crippen LogP contribution in [0.25, 0.3) is 11.0 Å². The van der Waals surface area contributed by atoms with Gasteiger partial charge in [0.05, 0.1) is 11.0 Å². The third-order valence-corrected chi connectivity index (χ3v) is 3.98. The zero-order valence-electron chi connectivity index (χ0n) is 12.7. The molecule has 2 aromatic rings. The van der Waals surface area contributed by atoms with Crippen molar-refractivity contribution in [1.29, 1.82) is 0 Å². The molecule has 2 rings (SSSR count). The first-order valence-corrected chi connectivity index (χ1v) is 7.03. The highest BCUT2D eigenvalue weighted by molar-refractivity contribution is 5.77. The Kier molecular flexibility index (Phi) is 3.68. The Hall–Kier alpha value is -1.35. The van der Waals surface area contributed by atoms with Gasteiger partial charge < -0.3 is 10.3 Å². The fraction of sp³-hybridized carbons (Fsp3) is 0.562. The second kappa shape index (κ2) is 4.97. The summed E-state index contributed by atoms with van der Waals surface area (Å²) >= 11 is 0. The lowest BCUT2D eigenvalue weighted by molar-refractivity contribution is 0.488. The molecule has 0 saturated heterocycles. The van der Waals surface area contributed by atoms with E-state index in [2.05, 4.69) is 57.5 Å². The van der Waals surface area contributed by atoms with Crippen LogP contribution in [0.4, 0.5) is 0 Å². The monoisotopic (exact) mass is 259 g/mol. The van der Waals surface area contributed by atoms with E-state index in [9.17, 15) is 0 Å². The highest BCUT2D eigenvalue weighted by atomic mass is 15.1. The number of aryl methyl sites for hydroxylation is 1. The number of imidazole rings is 1. The number of aromatic nitrogens is 2. The molecule has 0 fully saturated rings. The average molecular weight is 259 g/mol. The number of hydrogen-bond acceptors (Lipinski definition) is 2. The summed E-state index contributed by atoms with van der Waals surface area (Å²) in [6.45, 7) is 9.56. The normalized spacial score (nSPS) is 12.6. The molecule has 0 radical (unpaired) electrons. The van der Waals surface area contributed by atoms with Crippen LogP contribution >= 0.6 is 0 Å². The summed E-state index contributed by atoms with van der Waals surface area (Å²) in [5.74, 6) is 1.58. The Morgan fingerprint density at radius 3 is 2.58 bits per heavy atom. The number of nitrogens with zero attached hydrogens (tertiary/aromatic N) is 2. The summed E-state index contributed by atoms with van der Waals surface area (Å²) in [7, 11) is 2.09. The molecule has 0 saturated carbocycles. The average Bonchev–Trinajstić information content (AvgIpc) is 2.66. The molecule has 0 atom stereocenters. The maximum atomic E-state index is 5.71. The summed E-state index contributed by atoms with van der Waals surface area (Å²) in [6, 6.07) is 6.61. The fourth-order valence-electron chi connectivity index (χ4n) is 2.66. The van der Waals surface area contributed by atoms with Crippen LogP contribution in [-0.2, 0) is 12.5 Å². The van der Waals surface area contributed by atoms with E-state index in [4.69, 9.17) is 10.7 Å². The Labute approximate surface area is 115 Å². The molecule has 0 aliphatic rings. The summed E-state index contributed by atoms with van der Waals surface area (Å²) in [5.41, 5.74) is 9.44. The number of rotatable bonds is 4. The van der Waals surface area contributed by atoms with Crippen LogP contribution in [0, 0.1) is 0 Å². The Bertz CT molecular complexity index is 579. The molecule has 1 heterocycles. The zero-order valence-corrected chi connectivity index (χ0v) is 12.7. The predicted octanol–water partition coefficient (Wildman–Crippen LogP) is 3.32. The Morgan fingerprint density at radius 2 is 2.00 bits per heavy atom. The van der Waals surface area contributed by atoms with Crippen molar-refractivity contribution in [3.8, 4) is 0 Å². The van der Waals surface area contributed by atoms with Gasteiger partial charge in [0.2, 0.25) is 0 Å². The lowest BCUT2D eigenvalue weighted by atomic mass is 9.81. The quantitative estimate of drug-likeness (QED) is 0.915. The third kappa shape index (κ3) is 2.52. The van der Waals surface area contributed by atoms with Crippen LogP contribution < -0.4 is 5.73 Å². The van der Waals surface area contributed by atoms with E-state index in [-0.39, 0.29) is 5.41 Å². The minimum atomic E-state index is 0.110. The SMILES string of the molecule is CC(C)c1nc2cc(C(C)(C)CCN)ccc2n1C. The van der Waals surface area contributed by atoms with Crippen molar-refractivity contribution in [2.24, 2.45) is 12.8 Å². The van der Waals surface area contributed by atoms with Gasteiger partial charge in [-0.2, -0.15) is 0 Å². The van der Waals surface area contributed by atoms with Crippen LogP contribution in [0.5, 0.6) is 0 Å². The summed E-state index contributed by atoms with van der Waals surface area (Å²) in [5, 5.41) is 0. The zero-order chi connectivity index (χ0) is 14.2. The Morgan fingerprint density at radius 1 is 1.32 bits per heavy atom. The van der Waals surface area contributed by atoms with Crippen LogP contribution in [-0.4, -0.2) is 16.1 Å². The van der Waals surface area contributed by atoms with Crippen molar-refractivity contribution < 1.29 is 0 Å². The number of nitrogens with two attached hydrogens (primary N) is 1. The van der Waals surface area contributed by atoms with Crippen LogP contribution in [0.2, 0.25) is 0 Å². The summed E-state index contributed by atoms with van der Waals surface area (Å²) in [4.78, 5) is 4.78. The van der Waals surface area contributed by atoms with Crippen molar-refractivity contribution in [2.45, 2.75) is 45.4 Å². The maximum absolute atomic E-state index is 5.71. The molecule has 0 aliphatic heterocycles. The van der Waals surface area contributed by atoms with Crippen molar-refractivity contribution >= 4 is 11.0 Å². The van der Waals surface area contributed by atoms with E-state index in [0.29, 0.717) is 12.5 Å². The van der Waals surface area contributed by atoms with Gasteiger partial charge in [0.15, 0.2) is 0 Å². The topological polar surface area (TPSA) is 43.8 Å². The maximum Gasteiger partial charge on any atom is 0.112 e. The van der Waals surface area contributed by atoms with E-state index >= 15 is 0 Å². The van der Waals surface area contributed by atoms with Crippen molar-refractivity contribution in [3.05, 3.63) is 29.6 Å². The van der Waals surface area contributed by atoms with Crippen molar-refractivity contribution in [3.63, 3.8) is 0 Å². The second-order valence-electron chi connectivity index (χ2n) is 6.31. The van der Waals surface area contributed by atoms with E-state index < -0.39 is 0 Å². The second-order valence-corrected chi connectivity index (χ2v) is 6.31. The van der Waals surface area contributed by atoms with Gasteiger partial charge in [-0.15, -0.1) is 0 Å². The van der Waals surface area contributed by atoms with E-state index in [1.165, 1.54) is 11.1 Å². The fourth-order valence-corrected chi connectivity index (χ4v) is 2.66. The van der Waals surface area contributed by atoms with Gasteiger partial charge in [-0.05, 0) is 36.1 Å². The molecule has 2 N–H and O–H groups in total. The number of benzene rings is 1. The minimum absolute atomic E-state index is 0.110. The minimum Gasteiger partial charge on any atom is -0.331 e. The molecule has 3 heteroatoms. The summed E-state index contributed by atoms with van der Waals surface area (Å²) in [6.07, 6.45) is 0.988. The summed E-state index contributed by atoms with van der Waals surface area (Å²) < 4.78 is 2.19. The molecule has 0 bridgehead atoms. The lowest BCUT2D eigenvalue weighted by Gasteiger charge is -2.24. The first kappa shape index (κ1) is 14.1. The van der Waals surface area contributed by atoms with Gasteiger partial charge in [0.1, 0.15) is 5.82 Å². The molecule has 19 heavy (non-hydrogen) atoms. The molecule has 1 aromatic carbocycles. The number of hydrogen-bond donors (Lipinski definition) is 1. The predicted molar refractivity (Wildman–Crippen MR) is 81.5 cm³/mol. The van der Waals surface area contributed by atoms with E-state index in [1.54, 1.807) is 0 Å². The van der Waals surface area contributed by atoms with Crippen molar-refractivity contribution in [2.75, 3.05) is 6.54 Å².